The van der Waals surface area contributed by atoms with Crippen LogP contribution in [-0.4, -0.2) is 18.0 Å². The van der Waals surface area contributed by atoms with E-state index in [4.69, 9.17) is 22.1 Å². The molecule has 0 atom stereocenters. The van der Waals surface area contributed by atoms with E-state index in [9.17, 15) is 4.79 Å². The average Bonchev–Trinajstić information content (AvgIpc) is 2.05. The molecule has 0 aliphatic heterocycles. The molecule has 1 rings (SSSR count). The van der Waals surface area contributed by atoms with Crippen molar-refractivity contribution in [3.05, 3.63) is 22.8 Å². The number of primary amides is 1. The Balaban J connectivity index is 3.17. The molecule has 0 aromatic carbocycles. The van der Waals surface area contributed by atoms with Gasteiger partial charge in [0.15, 0.2) is 0 Å². The van der Waals surface area contributed by atoms with E-state index in [0.29, 0.717) is 5.88 Å². The second kappa shape index (κ2) is 3.40. The maximum atomic E-state index is 10.7. The number of carbonyl (C=O) groups excluding carboxylic acids is 1. The minimum Gasteiger partial charge on any atom is -0.481 e. The Kier molecular flexibility index (Phi) is 2.50. The van der Waals surface area contributed by atoms with Gasteiger partial charge < -0.3 is 10.5 Å². The lowest BCUT2D eigenvalue weighted by Gasteiger charge is -2.01. The molecule has 0 radical (unpaired) electrons. The minimum absolute atomic E-state index is 0.212. The highest BCUT2D eigenvalue weighted by atomic mass is 35.5. The maximum Gasteiger partial charge on any atom is 0.250 e. The summed E-state index contributed by atoms with van der Waals surface area (Å²) in [6, 6.07) is 1.39. The molecular weight excluding hydrogens is 180 g/mol. The zero-order chi connectivity index (χ0) is 9.14. The molecule has 0 fully saturated rings. The number of nitrogens with zero attached hydrogens (tertiary/aromatic N) is 1. The third-order valence-electron chi connectivity index (χ3n) is 1.30. The van der Waals surface area contributed by atoms with Crippen LogP contribution in [0.1, 0.15) is 10.4 Å². The molecule has 5 heteroatoms. The number of hydrogen-bond acceptors (Lipinski definition) is 3. The summed E-state index contributed by atoms with van der Waals surface area (Å²) >= 11 is 5.63. The first kappa shape index (κ1) is 8.80. The van der Waals surface area contributed by atoms with Crippen LogP contribution in [0, 0.1) is 0 Å². The van der Waals surface area contributed by atoms with E-state index in [1.54, 1.807) is 0 Å². The maximum absolute atomic E-state index is 10.7. The van der Waals surface area contributed by atoms with Crippen molar-refractivity contribution >= 4 is 17.5 Å². The van der Waals surface area contributed by atoms with Crippen molar-refractivity contribution in [3.8, 4) is 5.88 Å². The van der Waals surface area contributed by atoms with Gasteiger partial charge in [0.25, 0.3) is 0 Å². The number of hydrogen-bond donors (Lipinski definition) is 1. The lowest BCUT2D eigenvalue weighted by molar-refractivity contribution is 0.1000. The predicted molar refractivity (Wildman–Crippen MR) is 44.3 cm³/mol. The van der Waals surface area contributed by atoms with Crippen LogP contribution < -0.4 is 10.5 Å². The molecule has 12 heavy (non-hydrogen) atoms. The highest BCUT2D eigenvalue weighted by Crippen LogP contribution is 2.17. The SMILES string of the molecule is COc1cc(C(N)=O)c(Cl)cn1. The first-order chi connectivity index (χ1) is 5.65. The molecule has 1 aromatic heterocycles. The molecule has 0 spiro atoms. The normalized spacial score (nSPS) is 9.50. The van der Waals surface area contributed by atoms with Gasteiger partial charge in [-0.05, 0) is 0 Å². The standard InChI is InChI=1S/C7H7ClN2O2/c1-12-6-2-4(7(9)11)5(8)3-10-6/h2-3H,1H3,(H2,9,11). The van der Waals surface area contributed by atoms with Gasteiger partial charge in [-0.25, -0.2) is 4.98 Å². The van der Waals surface area contributed by atoms with E-state index < -0.39 is 5.91 Å². The van der Waals surface area contributed by atoms with Crippen molar-refractivity contribution in [3.63, 3.8) is 0 Å². The molecule has 0 aliphatic carbocycles. The molecule has 1 heterocycles. The van der Waals surface area contributed by atoms with E-state index in [-0.39, 0.29) is 10.6 Å². The van der Waals surface area contributed by atoms with Crippen molar-refractivity contribution in [1.29, 1.82) is 0 Å². The van der Waals surface area contributed by atoms with E-state index in [0.717, 1.165) is 0 Å². The third kappa shape index (κ3) is 1.65. The van der Waals surface area contributed by atoms with E-state index in [1.165, 1.54) is 19.4 Å². The molecule has 0 aliphatic rings. The molecular formula is C7H7ClN2O2. The summed E-state index contributed by atoms with van der Waals surface area (Å²) in [7, 11) is 1.45. The van der Waals surface area contributed by atoms with Gasteiger partial charge in [-0.1, -0.05) is 11.6 Å². The predicted octanol–water partition coefficient (Wildman–Crippen LogP) is 0.842. The Morgan fingerprint density at radius 2 is 2.42 bits per heavy atom. The second-order valence-electron chi connectivity index (χ2n) is 2.07. The molecule has 1 amide bonds. The van der Waals surface area contributed by atoms with Crippen molar-refractivity contribution < 1.29 is 9.53 Å². The molecule has 64 valence electrons. The minimum atomic E-state index is -0.597. The Labute approximate surface area is 74.3 Å². The number of amides is 1. The van der Waals surface area contributed by atoms with Crippen LogP contribution in [0.3, 0.4) is 0 Å². The third-order valence-corrected chi connectivity index (χ3v) is 1.61. The van der Waals surface area contributed by atoms with Gasteiger partial charge in [0.05, 0.1) is 23.9 Å². The number of nitrogens with two attached hydrogens (primary N) is 1. The number of methoxy groups -OCH3 is 1. The summed E-state index contributed by atoms with van der Waals surface area (Å²) in [5, 5.41) is 0.225. The summed E-state index contributed by atoms with van der Waals surface area (Å²) in [5.74, 6) is -0.283. The number of pyridine rings is 1. The Bertz CT molecular complexity index is 314. The first-order valence-corrected chi connectivity index (χ1v) is 3.52. The van der Waals surface area contributed by atoms with E-state index in [1.807, 2.05) is 0 Å². The Morgan fingerprint density at radius 3 is 2.92 bits per heavy atom. The summed E-state index contributed by atoms with van der Waals surface area (Å²) in [5.41, 5.74) is 5.24. The largest absolute Gasteiger partial charge is 0.481 e. The highest BCUT2D eigenvalue weighted by Gasteiger charge is 2.08. The van der Waals surface area contributed by atoms with Crippen molar-refractivity contribution in [2.75, 3.05) is 7.11 Å². The van der Waals surface area contributed by atoms with Crippen molar-refractivity contribution in [2.24, 2.45) is 5.73 Å². The summed E-state index contributed by atoms with van der Waals surface area (Å²) in [6.07, 6.45) is 1.32. The van der Waals surface area contributed by atoms with Gasteiger partial charge in [0.1, 0.15) is 0 Å². The molecule has 0 bridgehead atoms. The van der Waals surface area contributed by atoms with Gasteiger partial charge in [-0.2, -0.15) is 0 Å². The van der Waals surface area contributed by atoms with Gasteiger partial charge in [0.2, 0.25) is 11.8 Å². The fourth-order valence-corrected chi connectivity index (χ4v) is 0.916. The quantitative estimate of drug-likeness (QED) is 0.745. The van der Waals surface area contributed by atoms with Crippen molar-refractivity contribution in [1.82, 2.24) is 4.98 Å². The van der Waals surface area contributed by atoms with Crippen LogP contribution in [0.25, 0.3) is 0 Å². The average molecular weight is 187 g/mol. The lowest BCUT2D eigenvalue weighted by Crippen LogP contribution is -2.12. The summed E-state index contributed by atoms with van der Waals surface area (Å²) < 4.78 is 4.78. The lowest BCUT2D eigenvalue weighted by atomic mass is 10.2. The van der Waals surface area contributed by atoms with E-state index >= 15 is 0 Å². The smallest absolute Gasteiger partial charge is 0.250 e. The number of ether oxygens (including phenoxy) is 1. The van der Waals surface area contributed by atoms with Crippen LogP contribution in [0.2, 0.25) is 5.02 Å². The second-order valence-corrected chi connectivity index (χ2v) is 2.48. The highest BCUT2D eigenvalue weighted by molar-refractivity contribution is 6.33. The van der Waals surface area contributed by atoms with Crippen LogP contribution in [0.15, 0.2) is 12.3 Å². The van der Waals surface area contributed by atoms with Gasteiger partial charge in [-0.3, -0.25) is 4.79 Å². The van der Waals surface area contributed by atoms with Gasteiger partial charge in [0, 0.05) is 6.07 Å². The molecule has 1 aromatic rings. The van der Waals surface area contributed by atoms with Crippen molar-refractivity contribution in [2.45, 2.75) is 0 Å². The number of aromatic nitrogens is 1. The Morgan fingerprint density at radius 1 is 1.75 bits per heavy atom. The van der Waals surface area contributed by atoms with Gasteiger partial charge >= 0.3 is 0 Å². The zero-order valence-corrected chi connectivity index (χ0v) is 7.13. The van der Waals surface area contributed by atoms with E-state index in [2.05, 4.69) is 4.98 Å². The monoisotopic (exact) mass is 186 g/mol. The number of carbonyl (C=O) groups is 1. The first-order valence-electron chi connectivity index (χ1n) is 3.14. The fourth-order valence-electron chi connectivity index (χ4n) is 0.720. The van der Waals surface area contributed by atoms with Crippen LogP contribution in [-0.2, 0) is 0 Å². The van der Waals surface area contributed by atoms with Crippen LogP contribution in [0.5, 0.6) is 5.88 Å². The molecule has 2 N–H and O–H groups in total. The molecule has 0 unspecified atom stereocenters. The van der Waals surface area contributed by atoms with Crippen LogP contribution >= 0.6 is 11.6 Å². The summed E-state index contributed by atoms with van der Waals surface area (Å²) in [6.45, 7) is 0. The van der Waals surface area contributed by atoms with Crippen LogP contribution in [0.4, 0.5) is 0 Å². The molecule has 0 saturated carbocycles. The zero-order valence-electron chi connectivity index (χ0n) is 6.37. The molecule has 0 saturated heterocycles. The summed E-state index contributed by atoms with van der Waals surface area (Å²) in [4.78, 5) is 14.5. The Hall–Kier alpha value is -1.29. The number of rotatable bonds is 2. The fraction of sp³-hybridized carbons (Fsp3) is 0.143. The molecule has 4 nitrogen and oxygen atoms in total. The topological polar surface area (TPSA) is 65.2 Å². The van der Waals surface area contributed by atoms with Gasteiger partial charge in [-0.15, -0.1) is 0 Å². The number of halogens is 1.